The zero-order valence-corrected chi connectivity index (χ0v) is 18.1. The number of esters is 1. The Balaban J connectivity index is 1.45. The molecule has 11 heteroatoms. The zero-order chi connectivity index (χ0) is 23.8. The van der Waals surface area contributed by atoms with Crippen LogP contribution in [0.25, 0.3) is 0 Å². The smallest absolute Gasteiger partial charge is 0.462 e. The normalized spacial score (nSPS) is 14.6. The van der Waals surface area contributed by atoms with Crippen molar-refractivity contribution in [2.24, 2.45) is 0 Å². The van der Waals surface area contributed by atoms with Crippen LogP contribution in [0.3, 0.4) is 0 Å². The molecule has 0 aliphatic carbocycles. The zero-order valence-electron chi connectivity index (χ0n) is 18.1. The van der Waals surface area contributed by atoms with E-state index in [1.165, 1.54) is 24.4 Å². The minimum atomic E-state index is -4.80. The number of halogens is 3. The molecule has 1 saturated heterocycles. The maximum absolute atomic E-state index is 12.5. The van der Waals surface area contributed by atoms with Gasteiger partial charge in [0.25, 0.3) is 0 Å². The van der Waals surface area contributed by atoms with Gasteiger partial charge < -0.3 is 19.7 Å². The van der Waals surface area contributed by atoms with E-state index in [2.05, 4.69) is 15.0 Å². The summed E-state index contributed by atoms with van der Waals surface area (Å²) in [7, 11) is 0. The number of hydrogen-bond acceptors (Lipinski definition) is 7. The van der Waals surface area contributed by atoms with Crippen molar-refractivity contribution in [2.75, 3.05) is 44.2 Å². The van der Waals surface area contributed by atoms with E-state index in [4.69, 9.17) is 4.74 Å². The van der Waals surface area contributed by atoms with Gasteiger partial charge in [0.2, 0.25) is 5.91 Å². The van der Waals surface area contributed by atoms with Gasteiger partial charge in [0.15, 0.2) is 0 Å². The van der Waals surface area contributed by atoms with Crippen LogP contribution in [0, 0.1) is 0 Å². The highest BCUT2D eigenvalue weighted by atomic mass is 19.4. The lowest BCUT2D eigenvalue weighted by Gasteiger charge is -2.35. The fourth-order valence-electron chi connectivity index (χ4n) is 3.37. The molecule has 1 amide bonds. The molecule has 0 spiro atoms. The Hall–Kier alpha value is -3.34. The van der Waals surface area contributed by atoms with Crippen molar-refractivity contribution < 1.29 is 32.2 Å². The molecule has 0 saturated carbocycles. The number of nitrogens with zero attached hydrogens (tertiary/aromatic N) is 3. The van der Waals surface area contributed by atoms with Gasteiger partial charge >= 0.3 is 12.3 Å². The van der Waals surface area contributed by atoms with Gasteiger partial charge in [0.1, 0.15) is 11.6 Å². The number of anilines is 1. The fourth-order valence-corrected chi connectivity index (χ4v) is 3.37. The fraction of sp³-hybridized carbons (Fsp3) is 0.409. The minimum Gasteiger partial charge on any atom is -0.462 e. The lowest BCUT2D eigenvalue weighted by molar-refractivity contribution is -0.274. The average Bonchev–Trinajstić information content (AvgIpc) is 2.78. The second-order valence-electron chi connectivity index (χ2n) is 7.32. The summed E-state index contributed by atoms with van der Waals surface area (Å²) in [5.41, 5.74) is 0.628. The summed E-state index contributed by atoms with van der Waals surface area (Å²) in [5, 5.41) is 2.64. The number of pyridine rings is 1. The highest BCUT2D eigenvalue weighted by Gasteiger charge is 2.32. The number of benzene rings is 1. The van der Waals surface area contributed by atoms with Crippen molar-refractivity contribution in [3.05, 3.63) is 53.7 Å². The van der Waals surface area contributed by atoms with Gasteiger partial charge in [-0.1, -0.05) is 18.2 Å². The van der Waals surface area contributed by atoms with Crippen LogP contribution < -0.4 is 15.0 Å². The van der Waals surface area contributed by atoms with Crippen LogP contribution in [-0.4, -0.2) is 67.5 Å². The van der Waals surface area contributed by atoms with E-state index in [9.17, 15) is 22.8 Å². The molecule has 2 aromatic rings. The van der Waals surface area contributed by atoms with E-state index in [0.29, 0.717) is 38.3 Å². The standard InChI is InChI=1S/C22H25F3N4O4/c1-2-32-21(31)17-7-8-19(26-14-17)29-11-9-28(10-12-29)15-20(30)27-13-16-5-3-4-6-18(16)33-22(23,24)25/h3-8,14H,2,9-13,15H2,1H3,(H,27,30). The molecule has 1 aromatic carbocycles. The van der Waals surface area contributed by atoms with E-state index in [1.54, 1.807) is 25.1 Å². The van der Waals surface area contributed by atoms with Gasteiger partial charge in [-0.25, -0.2) is 9.78 Å². The molecule has 1 N–H and O–H groups in total. The van der Waals surface area contributed by atoms with E-state index in [0.717, 1.165) is 5.82 Å². The molecule has 1 aliphatic heterocycles. The SMILES string of the molecule is CCOC(=O)c1ccc(N2CCN(CC(=O)NCc3ccccc3OC(F)(F)F)CC2)nc1. The number of carbonyl (C=O) groups excluding carboxylic acids is 2. The summed E-state index contributed by atoms with van der Waals surface area (Å²) < 4.78 is 46.5. The maximum Gasteiger partial charge on any atom is 0.573 e. The van der Waals surface area contributed by atoms with Gasteiger partial charge in [-0.05, 0) is 25.1 Å². The molecule has 0 unspecified atom stereocenters. The molecule has 0 atom stereocenters. The van der Waals surface area contributed by atoms with Crippen LogP contribution in [0.4, 0.5) is 19.0 Å². The van der Waals surface area contributed by atoms with E-state index >= 15 is 0 Å². The first-order valence-electron chi connectivity index (χ1n) is 10.5. The number of aromatic nitrogens is 1. The van der Waals surface area contributed by atoms with E-state index in [1.807, 2.05) is 9.80 Å². The monoisotopic (exact) mass is 466 g/mol. The lowest BCUT2D eigenvalue weighted by atomic mass is 10.2. The van der Waals surface area contributed by atoms with Gasteiger partial charge in [0, 0.05) is 44.5 Å². The highest BCUT2D eigenvalue weighted by Crippen LogP contribution is 2.26. The van der Waals surface area contributed by atoms with Crippen molar-refractivity contribution in [1.29, 1.82) is 0 Å². The Bertz CT molecular complexity index is 945. The number of carbonyl (C=O) groups is 2. The Kier molecular flexibility index (Phi) is 8.10. The van der Waals surface area contributed by atoms with Crippen molar-refractivity contribution in [3.8, 4) is 5.75 Å². The number of para-hydroxylation sites is 1. The van der Waals surface area contributed by atoms with Crippen LogP contribution in [0.5, 0.6) is 5.75 Å². The van der Waals surface area contributed by atoms with E-state index < -0.39 is 12.3 Å². The lowest BCUT2D eigenvalue weighted by Crippen LogP contribution is -2.49. The number of amides is 1. The molecule has 1 fully saturated rings. The van der Waals surface area contributed by atoms with Crippen LogP contribution >= 0.6 is 0 Å². The first-order valence-corrected chi connectivity index (χ1v) is 10.5. The summed E-state index contributed by atoms with van der Waals surface area (Å²) in [4.78, 5) is 32.4. The quantitative estimate of drug-likeness (QED) is 0.599. The van der Waals surface area contributed by atoms with Crippen molar-refractivity contribution in [1.82, 2.24) is 15.2 Å². The molecule has 2 heterocycles. The van der Waals surface area contributed by atoms with E-state index in [-0.39, 0.29) is 30.3 Å². The van der Waals surface area contributed by atoms with Gasteiger partial charge in [-0.15, -0.1) is 13.2 Å². The molecular weight excluding hydrogens is 441 g/mol. The Morgan fingerprint density at radius 1 is 1.09 bits per heavy atom. The molecular formula is C22H25F3N4O4. The maximum atomic E-state index is 12.5. The molecule has 1 aliphatic rings. The second kappa shape index (κ2) is 11.0. The van der Waals surface area contributed by atoms with Crippen molar-refractivity contribution in [2.45, 2.75) is 19.8 Å². The third kappa shape index (κ3) is 7.35. The van der Waals surface area contributed by atoms with Gasteiger partial charge in [-0.2, -0.15) is 0 Å². The Morgan fingerprint density at radius 2 is 1.82 bits per heavy atom. The van der Waals surface area contributed by atoms with Crippen LogP contribution in [0.2, 0.25) is 0 Å². The predicted molar refractivity (Wildman–Crippen MR) is 114 cm³/mol. The second-order valence-corrected chi connectivity index (χ2v) is 7.32. The largest absolute Gasteiger partial charge is 0.573 e. The summed E-state index contributed by atoms with van der Waals surface area (Å²) in [5.74, 6) is -0.309. The number of piperazine rings is 1. The minimum absolute atomic E-state index is 0.0677. The summed E-state index contributed by atoms with van der Waals surface area (Å²) in [6.45, 7) is 4.60. The Labute approximate surface area is 189 Å². The van der Waals surface area contributed by atoms with Gasteiger partial charge in [-0.3, -0.25) is 9.69 Å². The van der Waals surface area contributed by atoms with Gasteiger partial charge in [0.05, 0.1) is 18.7 Å². The first-order chi connectivity index (χ1) is 15.7. The van der Waals surface area contributed by atoms with Crippen LogP contribution in [0.15, 0.2) is 42.6 Å². The topological polar surface area (TPSA) is 84.0 Å². The number of rotatable bonds is 8. The highest BCUT2D eigenvalue weighted by molar-refractivity contribution is 5.89. The third-order valence-corrected chi connectivity index (χ3v) is 5.00. The number of alkyl halides is 3. The molecule has 33 heavy (non-hydrogen) atoms. The number of nitrogens with one attached hydrogen (secondary N) is 1. The molecule has 8 nitrogen and oxygen atoms in total. The van der Waals surface area contributed by atoms with Crippen LogP contribution in [0.1, 0.15) is 22.8 Å². The predicted octanol–water partition coefficient (Wildman–Crippen LogP) is 2.60. The van der Waals surface area contributed by atoms with Crippen LogP contribution in [-0.2, 0) is 16.1 Å². The Morgan fingerprint density at radius 3 is 2.45 bits per heavy atom. The summed E-state index contributed by atoms with van der Waals surface area (Å²) in [6, 6.07) is 9.12. The van der Waals surface area contributed by atoms with Crippen molar-refractivity contribution in [3.63, 3.8) is 0 Å². The summed E-state index contributed by atoms with van der Waals surface area (Å²) >= 11 is 0. The molecule has 1 aromatic heterocycles. The third-order valence-electron chi connectivity index (χ3n) is 5.00. The summed E-state index contributed by atoms with van der Waals surface area (Å²) in [6.07, 6.45) is -3.32. The van der Waals surface area contributed by atoms with Crippen molar-refractivity contribution >= 4 is 17.7 Å². The molecule has 0 radical (unpaired) electrons. The first kappa shape index (κ1) is 24.3. The molecule has 3 rings (SSSR count). The molecule has 0 bridgehead atoms. The number of hydrogen-bond donors (Lipinski definition) is 1. The average molecular weight is 466 g/mol. The molecule has 178 valence electrons. The number of ether oxygens (including phenoxy) is 2.